The van der Waals surface area contributed by atoms with Gasteiger partial charge in [0.25, 0.3) is 11.6 Å². The normalized spacial score (nSPS) is 10.1. The van der Waals surface area contributed by atoms with Gasteiger partial charge < -0.3 is 15.4 Å². The number of hydrogen-bond donors (Lipinski definition) is 2. The molecule has 2 aromatic rings. The second-order valence-electron chi connectivity index (χ2n) is 6.31. The lowest BCUT2D eigenvalue weighted by atomic mass is 10.1. The highest BCUT2D eigenvalue weighted by Crippen LogP contribution is 2.18. The summed E-state index contributed by atoms with van der Waals surface area (Å²) in [5, 5.41) is 15.8. The molecule has 0 radical (unpaired) electrons. The third kappa shape index (κ3) is 6.73. The first-order valence-corrected chi connectivity index (χ1v) is 8.82. The molecule has 152 valence electrons. The molecule has 9 heteroatoms. The molecular formula is C20H21N3O6. The third-order valence-electron chi connectivity index (χ3n) is 4.16. The van der Waals surface area contributed by atoms with Gasteiger partial charge in [0.2, 0.25) is 5.91 Å². The summed E-state index contributed by atoms with van der Waals surface area (Å²) in [5.74, 6) is -1.60. The summed E-state index contributed by atoms with van der Waals surface area (Å²) in [6.07, 6.45) is -0.343. The molecule has 0 aliphatic heterocycles. The zero-order chi connectivity index (χ0) is 21.4. The standard InChI is InChI=1S/C20H21N3O6/c1-13-4-3-5-17(14(13)2)22-19(25)12-29-20(26)11-10-18(24)21-15-6-8-16(9-7-15)23(27)28/h3-9H,10-12H2,1-2H3,(H,21,24)(H,22,25). The quantitative estimate of drug-likeness (QED) is 0.399. The average molecular weight is 399 g/mol. The van der Waals surface area contributed by atoms with Gasteiger partial charge in [0.05, 0.1) is 11.3 Å². The predicted molar refractivity (Wildman–Crippen MR) is 106 cm³/mol. The summed E-state index contributed by atoms with van der Waals surface area (Å²) in [6, 6.07) is 10.8. The fraction of sp³-hybridized carbons (Fsp3) is 0.250. The number of non-ortho nitro benzene ring substituents is 1. The molecule has 0 fully saturated rings. The molecule has 9 nitrogen and oxygen atoms in total. The maximum atomic E-state index is 11.9. The molecule has 0 aromatic heterocycles. The van der Waals surface area contributed by atoms with Gasteiger partial charge in [-0.2, -0.15) is 0 Å². The molecule has 0 atom stereocenters. The Balaban J connectivity index is 1.72. The van der Waals surface area contributed by atoms with Gasteiger partial charge in [-0.25, -0.2) is 0 Å². The van der Waals surface area contributed by atoms with Crippen LogP contribution in [0.15, 0.2) is 42.5 Å². The number of amides is 2. The molecule has 0 aliphatic rings. The van der Waals surface area contributed by atoms with Gasteiger partial charge in [-0.15, -0.1) is 0 Å². The lowest BCUT2D eigenvalue weighted by molar-refractivity contribution is -0.384. The number of esters is 1. The van der Waals surface area contributed by atoms with Crippen molar-refractivity contribution in [3.05, 3.63) is 63.7 Å². The van der Waals surface area contributed by atoms with Crippen LogP contribution in [0, 0.1) is 24.0 Å². The fourth-order valence-electron chi connectivity index (χ4n) is 2.40. The van der Waals surface area contributed by atoms with Crippen LogP contribution < -0.4 is 10.6 Å². The smallest absolute Gasteiger partial charge is 0.306 e. The summed E-state index contributed by atoms with van der Waals surface area (Å²) < 4.78 is 4.88. The molecule has 0 bridgehead atoms. The summed E-state index contributed by atoms with van der Waals surface area (Å²) in [7, 11) is 0. The molecule has 2 N–H and O–H groups in total. The van der Waals surface area contributed by atoms with Crippen molar-refractivity contribution in [1.82, 2.24) is 0 Å². The van der Waals surface area contributed by atoms with Gasteiger partial charge in [0, 0.05) is 29.9 Å². The van der Waals surface area contributed by atoms with Crippen LogP contribution in [0.3, 0.4) is 0 Å². The Morgan fingerprint density at radius 2 is 1.66 bits per heavy atom. The summed E-state index contributed by atoms with van der Waals surface area (Å²) in [6.45, 7) is 3.35. The number of nitro benzene ring substituents is 1. The Hall–Kier alpha value is -3.75. The Bertz CT molecular complexity index is 924. The van der Waals surface area contributed by atoms with Crippen molar-refractivity contribution in [2.24, 2.45) is 0 Å². The second kappa shape index (κ2) is 9.98. The number of nitrogens with zero attached hydrogens (tertiary/aromatic N) is 1. The number of carbonyl (C=O) groups excluding carboxylic acids is 3. The van der Waals surface area contributed by atoms with E-state index < -0.39 is 29.3 Å². The highest BCUT2D eigenvalue weighted by molar-refractivity contribution is 5.95. The van der Waals surface area contributed by atoms with Crippen LogP contribution in [-0.4, -0.2) is 29.3 Å². The van der Waals surface area contributed by atoms with Crippen LogP contribution >= 0.6 is 0 Å². The van der Waals surface area contributed by atoms with Crippen molar-refractivity contribution < 1.29 is 24.0 Å². The number of anilines is 2. The largest absolute Gasteiger partial charge is 0.456 e. The van der Waals surface area contributed by atoms with E-state index in [9.17, 15) is 24.5 Å². The Morgan fingerprint density at radius 1 is 0.966 bits per heavy atom. The zero-order valence-electron chi connectivity index (χ0n) is 16.1. The molecule has 0 heterocycles. The third-order valence-corrected chi connectivity index (χ3v) is 4.16. The minimum absolute atomic E-state index is 0.0919. The number of nitro groups is 1. The summed E-state index contributed by atoms with van der Waals surface area (Å²) in [4.78, 5) is 45.6. The SMILES string of the molecule is Cc1cccc(NC(=O)COC(=O)CCC(=O)Nc2ccc([N+](=O)[O-])cc2)c1C. The van der Waals surface area contributed by atoms with Crippen LogP contribution in [-0.2, 0) is 19.1 Å². The molecule has 0 saturated carbocycles. The van der Waals surface area contributed by atoms with Gasteiger partial charge in [0.1, 0.15) is 0 Å². The van der Waals surface area contributed by atoms with E-state index in [4.69, 9.17) is 4.74 Å². The number of rotatable bonds is 8. The van der Waals surface area contributed by atoms with E-state index in [0.29, 0.717) is 11.4 Å². The van der Waals surface area contributed by atoms with Crippen LogP contribution in [0.4, 0.5) is 17.1 Å². The van der Waals surface area contributed by atoms with Crippen molar-refractivity contribution in [3.8, 4) is 0 Å². The van der Waals surface area contributed by atoms with E-state index in [1.165, 1.54) is 24.3 Å². The maximum Gasteiger partial charge on any atom is 0.306 e. The van der Waals surface area contributed by atoms with E-state index in [1.54, 1.807) is 6.07 Å². The Morgan fingerprint density at radius 3 is 2.31 bits per heavy atom. The highest BCUT2D eigenvalue weighted by Gasteiger charge is 2.12. The molecule has 2 amide bonds. The number of ether oxygens (including phenoxy) is 1. The molecule has 29 heavy (non-hydrogen) atoms. The number of hydrogen-bond acceptors (Lipinski definition) is 6. The first-order valence-electron chi connectivity index (χ1n) is 8.82. The Labute approximate surface area is 167 Å². The minimum atomic E-state index is -0.681. The minimum Gasteiger partial charge on any atom is -0.456 e. The number of carbonyl (C=O) groups is 3. The van der Waals surface area contributed by atoms with E-state index in [1.807, 2.05) is 26.0 Å². The highest BCUT2D eigenvalue weighted by atomic mass is 16.6. The van der Waals surface area contributed by atoms with Gasteiger partial charge >= 0.3 is 5.97 Å². The average Bonchev–Trinajstić information content (AvgIpc) is 2.68. The number of nitrogens with one attached hydrogen (secondary N) is 2. The lowest BCUT2D eigenvalue weighted by Crippen LogP contribution is -2.22. The molecule has 0 aliphatic carbocycles. The first-order chi connectivity index (χ1) is 13.8. The second-order valence-corrected chi connectivity index (χ2v) is 6.31. The van der Waals surface area contributed by atoms with Gasteiger partial charge in [0.15, 0.2) is 6.61 Å². The van der Waals surface area contributed by atoms with Crippen molar-refractivity contribution in [2.45, 2.75) is 26.7 Å². The first kappa shape index (κ1) is 21.5. The van der Waals surface area contributed by atoms with E-state index >= 15 is 0 Å². The monoisotopic (exact) mass is 399 g/mol. The van der Waals surface area contributed by atoms with Crippen LogP contribution in [0.25, 0.3) is 0 Å². The van der Waals surface area contributed by atoms with Crippen molar-refractivity contribution in [1.29, 1.82) is 0 Å². The van der Waals surface area contributed by atoms with Crippen molar-refractivity contribution in [2.75, 3.05) is 17.2 Å². The molecule has 0 saturated heterocycles. The molecule has 2 rings (SSSR count). The van der Waals surface area contributed by atoms with Crippen LogP contribution in [0.2, 0.25) is 0 Å². The number of benzene rings is 2. The zero-order valence-corrected chi connectivity index (χ0v) is 16.1. The Kier molecular flexibility index (Phi) is 7.41. The van der Waals surface area contributed by atoms with E-state index in [0.717, 1.165) is 11.1 Å². The molecule has 0 unspecified atom stereocenters. The van der Waals surface area contributed by atoms with E-state index in [2.05, 4.69) is 10.6 Å². The van der Waals surface area contributed by atoms with Gasteiger partial charge in [-0.05, 0) is 43.2 Å². The molecule has 2 aromatic carbocycles. The van der Waals surface area contributed by atoms with Crippen molar-refractivity contribution >= 4 is 34.8 Å². The molecule has 0 spiro atoms. The molecular weight excluding hydrogens is 378 g/mol. The number of aryl methyl sites for hydroxylation is 1. The summed E-state index contributed by atoms with van der Waals surface area (Å²) in [5.41, 5.74) is 2.88. The van der Waals surface area contributed by atoms with Crippen LogP contribution in [0.5, 0.6) is 0 Å². The predicted octanol–water partition coefficient (Wildman–Crippen LogP) is 3.11. The summed E-state index contributed by atoms with van der Waals surface area (Å²) >= 11 is 0. The van der Waals surface area contributed by atoms with E-state index in [-0.39, 0.29) is 18.5 Å². The van der Waals surface area contributed by atoms with Gasteiger partial charge in [-0.3, -0.25) is 24.5 Å². The topological polar surface area (TPSA) is 128 Å². The lowest BCUT2D eigenvalue weighted by Gasteiger charge is -2.10. The van der Waals surface area contributed by atoms with Crippen LogP contribution in [0.1, 0.15) is 24.0 Å². The maximum absolute atomic E-state index is 11.9. The van der Waals surface area contributed by atoms with Gasteiger partial charge in [-0.1, -0.05) is 12.1 Å². The van der Waals surface area contributed by atoms with Crippen molar-refractivity contribution in [3.63, 3.8) is 0 Å². The fourth-order valence-corrected chi connectivity index (χ4v) is 2.40.